The standard InChI is InChI=1S/C24H24N4O6/c1-32-16-10-12(11-17(33-2)21(16)34-3)28-23(30)18(22(29)27-24(28)31)20-19-14(8-9-25-20)13-6-4-5-7-15(13)26-19/h4-7,10-11,20,25-26,30H,8-9H2,1-3H3,(H,27,29,31)/t20-/m1/s1. The van der Waals surface area contributed by atoms with Crippen LogP contribution < -0.4 is 30.8 Å². The molecule has 2 aromatic carbocycles. The number of benzene rings is 2. The van der Waals surface area contributed by atoms with Crippen molar-refractivity contribution < 1.29 is 19.3 Å². The highest BCUT2D eigenvalue weighted by molar-refractivity contribution is 5.85. The van der Waals surface area contributed by atoms with Crippen LogP contribution in [-0.4, -0.2) is 47.5 Å². The third kappa shape index (κ3) is 3.22. The minimum atomic E-state index is -0.798. The van der Waals surface area contributed by atoms with Crippen molar-refractivity contribution >= 4 is 10.9 Å². The molecule has 0 aliphatic carbocycles. The average molecular weight is 464 g/mol. The van der Waals surface area contributed by atoms with Crippen molar-refractivity contribution in [3.8, 4) is 28.8 Å². The molecule has 0 radical (unpaired) electrons. The van der Waals surface area contributed by atoms with Gasteiger partial charge in [-0.05, 0) is 18.1 Å². The summed E-state index contributed by atoms with van der Waals surface area (Å²) in [6.07, 6.45) is 0.765. The second-order valence-corrected chi connectivity index (χ2v) is 7.92. The molecule has 4 N–H and O–H groups in total. The molecule has 0 bridgehead atoms. The van der Waals surface area contributed by atoms with Gasteiger partial charge in [0.1, 0.15) is 5.56 Å². The third-order valence-electron chi connectivity index (χ3n) is 6.18. The lowest BCUT2D eigenvalue weighted by Gasteiger charge is -2.25. The Kier molecular flexibility index (Phi) is 5.29. The lowest BCUT2D eigenvalue weighted by Crippen LogP contribution is -2.38. The zero-order valence-electron chi connectivity index (χ0n) is 18.9. The second-order valence-electron chi connectivity index (χ2n) is 7.92. The van der Waals surface area contributed by atoms with E-state index in [9.17, 15) is 14.7 Å². The number of nitrogens with one attached hydrogen (secondary N) is 3. The highest BCUT2D eigenvalue weighted by Gasteiger charge is 2.31. The molecule has 2 aromatic heterocycles. The number of nitrogens with zero attached hydrogens (tertiary/aromatic N) is 1. The van der Waals surface area contributed by atoms with Gasteiger partial charge in [-0.3, -0.25) is 9.78 Å². The van der Waals surface area contributed by atoms with Crippen molar-refractivity contribution in [1.29, 1.82) is 0 Å². The highest BCUT2D eigenvalue weighted by atomic mass is 16.5. The fraction of sp³-hybridized carbons (Fsp3) is 0.250. The smallest absolute Gasteiger partial charge is 0.335 e. The summed E-state index contributed by atoms with van der Waals surface area (Å²) >= 11 is 0. The van der Waals surface area contributed by atoms with Crippen LogP contribution >= 0.6 is 0 Å². The maximum absolute atomic E-state index is 13.0. The first kappa shape index (κ1) is 21.7. The van der Waals surface area contributed by atoms with E-state index >= 15 is 0 Å². The summed E-state index contributed by atoms with van der Waals surface area (Å²) in [5.41, 5.74) is 1.59. The number of fused-ring (bicyclic) bond motifs is 3. The van der Waals surface area contributed by atoms with Gasteiger partial charge in [-0.15, -0.1) is 0 Å². The number of H-pyrrole nitrogens is 2. The van der Waals surface area contributed by atoms with Crippen LogP contribution in [0.2, 0.25) is 0 Å². The van der Waals surface area contributed by atoms with Gasteiger partial charge in [0.15, 0.2) is 11.5 Å². The van der Waals surface area contributed by atoms with Crippen LogP contribution in [0.4, 0.5) is 0 Å². The van der Waals surface area contributed by atoms with E-state index in [4.69, 9.17) is 14.2 Å². The van der Waals surface area contributed by atoms with E-state index in [1.54, 1.807) is 0 Å². The molecule has 1 aliphatic rings. The molecule has 10 heteroatoms. The molecule has 0 unspecified atom stereocenters. The molecule has 0 fully saturated rings. The molecule has 34 heavy (non-hydrogen) atoms. The lowest BCUT2D eigenvalue weighted by molar-refractivity contribution is 0.324. The summed E-state index contributed by atoms with van der Waals surface area (Å²) in [7, 11) is 4.37. The van der Waals surface area contributed by atoms with Crippen molar-refractivity contribution in [3.05, 3.63) is 74.1 Å². The molecular formula is C24H24N4O6. The average Bonchev–Trinajstić information content (AvgIpc) is 3.22. The van der Waals surface area contributed by atoms with Gasteiger partial charge in [0.2, 0.25) is 11.6 Å². The van der Waals surface area contributed by atoms with E-state index in [0.717, 1.165) is 33.1 Å². The van der Waals surface area contributed by atoms with Crippen LogP contribution in [0.5, 0.6) is 23.1 Å². The van der Waals surface area contributed by atoms with E-state index in [1.165, 1.54) is 33.5 Å². The summed E-state index contributed by atoms with van der Waals surface area (Å²) < 4.78 is 17.1. The van der Waals surface area contributed by atoms with Gasteiger partial charge in [-0.25, -0.2) is 9.36 Å². The predicted octanol–water partition coefficient (Wildman–Crippen LogP) is 1.97. The van der Waals surface area contributed by atoms with E-state index < -0.39 is 23.2 Å². The van der Waals surface area contributed by atoms with Gasteiger partial charge in [0.25, 0.3) is 5.56 Å². The minimum absolute atomic E-state index is 0.0286. The van der Waals surface area contributed by atoms with Gasteiger partial charge in [0, 0.05) is 35.3 Å². The maximum Gasteiger partial charge on any atom is 0.335 e. The summed E-state index contributed by atoms with van der Waals surface area (Å²) in [5.74, 6) is 0.448. The topological polar surface area (TPSA) is 131 Å². The minimum Gasteiger partial charge on any atom is -0.494 e. The Morgan fingerprint density at radius 3 is 2.38 bits per heavy atom. The van der Waals surface area contributed by atoms with Crippen molar-refractivity contribution in [1.82, 2.24) is 19.9 Å². The number of ether oxygens (including phenoxy) is 3. The van der Waals surface area contributed by atoms with Crippen LogP contribution in [0.3, 0.4) is 0 Å². The lowest BCUT2D eigenvalue weighted by atomic mass is 9.95. The van der Waals surface area contributed by atoms with Crippen molar-refractivity contribution in [2.45, 2.75) is 12.5 Å². The van der Waals surface area contributed by atoms with Gasteiger partial charge >= 0.3 is 5.69 Å². The molecule has 5 rings (SSSR count). The highest BCUT2D eigenvalue weighted by Crippen LogP contribution is 2.40. The van der Waals surface area contributed by atoms with Crippen molar-refractivity contribution in [2.75, 3.05) is 27.9 Å². The van der Waals surface area contributed by atoms with E-state index in [1.807, 2.05) is 24.3 Å². The molecule has 0 saturated heterocycles. The third-order valence-corrected chi connectivity index (χ3v) is 6.18. The zero-order valence-corrected chi connectivity index (χ0v) is 18.9. The Morgan fingerprint density at radius 1 is 1.00 bits per heavy atom. The molecule has 0 spiro atoms. The van der Waals surface area contributed by atoms with E-state index in [-0.39, 0.29) is 11.3 Å². The van der Waals surface area contributed by atoms with E-state index in [2.05, 4.69) is 15.3 Å². The zero-order chi connectivity index (χ0) is 24.0. The predicted molar refractivity (Wildman–Crippen MR) is 126 cm³/mol. The number of aromatic nitrogens is 3. The Balaban J connectivity index is 1.74. The fourth-order valence-electron chi connectivity index (χ4n) is 4.66. The molecule has 0 amide bonds. The van der Waals surface area contributed by atoms with Gasteiger partial charge in [-0.1, -0.05) is 18.2 Å². The van der Waals surface area contributed by atoms with Crippen LogP contribution in [0, 0.1) is 0 Å². The number of para-hydroxylation sites is 1. The number of hydrogen-bond donors (Lipinski definition) is 4. The number of rotatable bonds is 5. The quantitative estimate of drug-likeness (QED) is 0.355. The van der Waals surface area contributed by atoms with Gasteiger partial charge in [-0.2, -0.15) is 0 Å². The first-order valence-electron chi connectivity index (χ1n) is 10.7. The Morgan fingerprint density at radius 2 is 1.71 bits per heavy atom. The molecule has 1 aliphatic heterocycles. The summed E-state index contributed by atoms with van der Waals surface area (Å²) in [6.45, 7) is 0.599. The van der Waals surface area contributed by atoms with Crippen molar-refractivity contribution in [3.63, 3.8) is 0 Å². The summed E-state index contributed by atoms with van der Waals surface area (Å²) in [5, 5.41) is 15.7. The molecule has 4 aromatic rings. The fourth-order valence-corrected chi connectivity index (χ4v) is 4.66. The summed E-state index contributed by atoms with van der Waals surface area (Å²) in [4.78, 5) is 31.5. The number of methoxy groups -OCH3 is 3. The van der Waals surface area contributed by atoms with Gasteiger partial charge < -0.3 is 29.6 Å². The van der Waals surface area contributed by atoms with Crippen LogP contribution in [0.1, 0.15) is 22.9 Å². The number of hydrogen-bond acceptors (Lipinski definition) is 7. The van der Waals surface area contributed by atoms with Crippen LogP contribution in [-0.2, 0) is 6.42 Å². The molecule has 1 atom stereocenters. The largest absolute Gasteiger partial charge is 0.494 e. The molecule has 10 nitrogen and oxygen atoms in total. The first-order valence-corrected chi connectivity index (χ1v) is 10.7. The van der Waals surface area contributed by atoms with E-state index in [0.29, 0.717) is 23.8 Å². The molecular weight excluding hydrogens is 440 g/mol. The molecule has 0 saturated carbocycles. The number of aromatic amines is 2. The SMILES string of the molecule is COc1cc(-n2c(O)c([C@H]3NCCc4c3[nH]c3ccccc43)c(=O)[nH]c2=O)cc(OC)c1OC. The Labute approximate surface area is 193 Å². The monoisotopic (exact) mass is 464 g/mol. The van der Waals surface area contributed by atoms with Crippen molar-refractivity contribution in [2.24, 2.45) is 0 Å². The number of aromatic hydroxyl groups is 1. The van der Waals surface area contributed by atoms with Crippen LogP contribution in [0.25, 0.3) is 16.6 Å². The normalized spacial score (nSPS) is 15.2. The first-order chi connectivity index (χ1) is 16.5. The Bertz CT molecular complexity index is 1490. The summed E-state index contributed by atoms with van der Waals surface area (Å²) in [6, 6.07) is 10.3. The van der Waals surface area contributed by atoms with Gasteiger partial charge in [0.05, 0.1) is 33.1 Å². The van der Waals surface area contributed by atoms with Crippen LogP contribution in [0.15, 0.2) is 46.0 Å². The molecule has 176 valence electrons. The molecule has 3 heterocycles. The second kappa shape index (κ2) is 8.31. The maximum atomic E-state index is 13.0. The Hall–Kier alpha value is -4.18.